The van der Waals surface area contributed by atoms with Gasteiger partial charge >= 0.3 is 0 Å². The van der Waals surface area contributed by atoms with Crippen molar-refractivity contribution in [3.05, 3.63) is 54.1 Å². The van der Waals surface area contributed by atoms with Crippen LogP contribution in [0.25, 0.3) is 11.2 Å². The fourth-order valence-electron chi connectivity index (χ4n) is 5.42. The highest BCUT2D eigenvalue weighted by Gasteiger charge is 2.26. The van der Waals surface area contributed by atoms with Crippen LogP contribution in [0.4, 0.5) is 5.82 Å². The third-order valence-electron chi connectivity index (χ3n) is 8.19. The van der Waals surface area contributed by atoms with Crippen molar-refractivity contribution >= 4 is 41.9 Å². The molecule has 3 aromatic rings. The molecule has 266 valence electrons. The Balaban J connectivity index is 1.31. The number of hydrogen-bond acceptors (Lipinski definition) is 8. The first kappa shape index (κ1) is 39.5. The number of amides is 1. The molecule has 0 aliphatic carbocycles. The van der Waals surface area contributed by atoms with Crippen LogP contribution in [0.2, 0.25) is 5.02 Å². The number of fused-ring (bicyclic) bond motifs is 1. The lowest BCUT2D eigenvalue weighted by Crippen LogP contribution is -2.25. The lowest BCUT2D eigenvalue weighted by atomic mass is 10.1. The van der Waals surface area contributed by atoms with Crippen LogP contribution in [0.3, 0.4) is 0 Å². The van der Waals surface area contributed by atoms with Crippen LogP contribution in [-0.4, -0.2) is 50.6 Å². The Morgan fingerprint density at radius 2 is 1.62 bits per heavy atom. The normalized spacial score (nSPS) is 13.6. The first-order chi connectivity index (χ1) is 23.3. The number of allylic oxidation sites excluding steroid dienone is 2. The zero-order valence-electron chi connectivity index (χ0n) is 29.0. The summed E-state index contributed by atoms with van der Waals surface area (Å²) < 4.78 is 27.8. The van der Waals surface area contributed by atoms with Crippen molar-refractivity contribution in [1.29, 1.82) is 0 Å². The smallest absolute Gasteiger partial charge is 0.272 e. The quantitative estimate of drug-likeness (QED) is 0.0480. The van der Waals surface area contributed by atoms with Crippen molar-refractivity contribution in [2.24, 2.45) is 0 Å². The molecule has 0 bridgehead atoms. The van der Waals surface area contributed by atoms with Crippen LogP contribution in [0.1, 0.15) is 110 Å². The van der Waals surface area contributed by atoms with Crippen LogP contribution in [0.15, 0.2) is 49.1 Å². The van der Waals surface area contributed by atoms with E-state index in [0.717, 1.165) is 25.7 Å². The number of benzene rings is 1. The molecular formula is C36H56ClN6O4P. The second kappa shape index (κ2) is 22.6. The van der Waals surface area contributed by atoms with E-state index in [4.69, 9.17) is 26.6 Å². The number of imidazole rings is 1. The van der Waals surface area contributed by atoms with E-state index in [1.807, 2.05) is 11.5 Å². The topological polar surface area (TPSA) is 134 Å². The van der Waals surface area contributed by atoms with E-state index in [9.17, 15) is 9.36 Å². The molecular weight excluding hydrogens is 647 g/mol. The summed E-state index contributed by atoms with van der Waals surface area (Å²) in [5.74, 6) is 0.802. The van der Waals surface area contributed by atoms with Gasteiger partial charge in [0.2, 0.25) is 5.91 Å². The van der Waals surface area contributed by atoms with Crippen LogP contribution in [0.5, 0.6) is 5.75 Å². The van der Waals surface area contributed by atoms with Gasteiger partial charge < -0.3 is 24.9 Å². The number of ether oxygens (including phenoxy) is 1. The lowest BCUT2D eigenvalue weighted by molar-refractivity contribution is -0.121. The molecule has 0 saturated carbocycles. The van der Waals surface area contributed by atoms with Crippen molar-refractivity contribution in [3.8, 4) is 5.75 Å². The third kappa shape index (κ3) is 15.5. The number of nitrogen functional groups attached to an aromatic ring is 1. The number of anilines is 1. The van der Waals surface area contributed by atoms with Crippen LogP contribution >= 0.6 is 19.0 Å². The average molecular weight is 703 g/mol. The Labute approximate surface area is 292 Å². The number of halogens is 1. The van der Waals surface area contributed by atoms with E-state index < -0.39 is 7.37 Å². The molecule has 3 N–H and O–H groups in total. The van der Waals surface area contributed by atoms with Gasteiger partial charge in [-0.1, -0.05) is 82.0 Å². The van der Waals surface area contributed by atoms with Gasteiger partial charge in [0.25, 0.3) is 7.37 Å². The number of nitrogens with zero attached hydrogens (tertiary/aromatic N) is 4. The molecule has 48 heavy (non-hydrogen) atoms. The molecule has 0 aliphatic rings. The highest BCUT2D eigenvalue weighted by molar-refractivity contribution is 7.59. The standard InChI is InChI=1S/C36H56ClN6O4P/c1-3-4-5-6-7-8-9-10-11-12-13-14-15-16-17-19-33(44)39-24-18-25-48(45,47-32-22-20-31(37)21-23-32)29-46-30(2)26-43-28-42-34-35(38)40-27-41-36(34)43/h10-11,20-23,27-28,30H,3-9,12-19,24-26,29H2,1-2H3,(H,39,44)(H2,38,40,41)/b11-10-/t30-,48?/m1/s1. The number of unbranched alkanes of at least 4 members (excludes halogenated alkanes) is 11. The minimum absolute atomic E-state index is 0.0305. The largest absolute Gasteiger partial charge is 0.441 e. The second-order valence-electron chi connectivity index (χ2n) is 12.6. The SMILES string of the molecule is CCCCCCCC/C=C\CCCCCCCC(=O)NCCCP(=O)(CO[C@H](C)Cn1cnc2c(N)ncnc21)Oc1ccc(Cl)cc1. The van der Waals surface area contributed by atoms with Crippen LogP contribution in [0, 0.1) is 0 Å². The monoisotopic (exact) mass is 702 g/mol. The Morgan fingerprint density at radius 3 is 2.33 bits per heavy atom. The highest BCUT2D eigenvalue weighted by Crippen LogP contribution is 2.48. The maximum atomic E-state index is 14.0. The van der Waals surface area contributed by atoms with Gasteiger partial charge in [0.15, 0.2) is 11.5 Å². The summed E-state index contributed by atoms with van der Waals surface area (Å²) in [5.41, 5.74) is 7.04. The number of carbonyl (C=O) groups excluding carboxylic acids is 1. The Hall–Kier alpha value is -2.94. The Bertz CT molecular complexity index is 1420. The molecule has 12 heteroatoms. The molecule has 0 aliphatic heterocycles. The molecule has 2 aromatic heterocycles. The molecule has 3 rings (SSSR count). The van der Waals surface area contributed by atoms with Gasteiger partial charge in [-0.15, -0.1) is 0 Å². The number of nitrogens with one attached hydrogen (secondary N) is 1. The third-order valence-corrected chi connectivity index (χ3v) is 10.5. The average Bonchev–Trinajstić information content (AvgIpc) is 3.49. The molecule has 1 amide bonds. The summed E-state index contributed by atoms with van der Waals surface area (Å²) in [4.78, 5) is 25.0. The fraction of sp³-hybridized carbons (Fsp3) is 0.611. The second-order valence-corrected chi connectivity index (χ2v) is 15.5. The maximum absolute atomic E-state index is 14.0. The van der Waals surface area contributed by atoms with Crippen molar-refractivity contribution in [3.63, 3.8) is 0 Å². The van der Waals surface area contributed by atoms with Gasteiger partial charge in [0, 0.05) is 24.2 Å². The van der Waals surface area contributed by atoms with Gasteiger partial charge in [-0.05, 0) is 69.7 Å². The molecule has 0 spiro atoms. The van der Waals surface area contributed by atoms with Crippen molar-refractivity contribution < 1.29 is 18.6 Å². The Morgan fingerprint density at radius 1 is 0.958 bits per heavy atom. The van der Waals surface area contributed by atoms with Gasteiger partial charge in [0.1, 0.15) is 23.9 Å². The van der Waals surface area contributed by atoms with Crippen LogP contribution in [-0.2, 0) is 20.6 Å². The van der Waals surface area contributed by atoms with Gasteiger partial charge in [-0.3, -0.25) is 9.36 Å². The van der Waals surface area contributed by atoms with Gasteiger partial charge in [-0.25, -0.2) is 15.0 Å². The summed E-state index contributed by atoms with van der Waals surface area (Å²) >= 11 is 6.03. The summed E-state index contributed by atoms with van der Waals surface area (Å²) in [7, 11) is -3.26. The summed E-state index contributed by atoms with van der Waals surface area (Å²) in [6.07, 6.45) is 24.6. The lowest BCUT2D eigenvalue weighted by Gasteiger charge is -2.22. The zero-order chi connectivity index (χ0) is 34.5. The highest BCUT2D eigenvalue weighted by atomic mass is 35.5. The minimum atomic E-state index is -3.26. The molecule has 1 unspecified atom stereocenters. The van der Waals surface area contributed by atoms with E-state index >= 15 is 0 Å². The molecule has 2 atom stereocenters. The molecule has 0 radical (unpaired) electrons. The molecule has 2 heterocycles. The number of hydrogen-bond donors (Lipinski definition) is 2. The first-order valence-corrected chi connectivity index (χ1v) is 20.1. The van der Waals surface area contributed by atoms with Gasteiger partial charge in [-0.2, -0.15) is 0 Å². The number of carbonyl (C=O) groups is 1. The first-order valence-electron chi connectivity index (χ1n) is 17.8. The predicted molar refractivity (Wildman–Crippen MR) is 197 cm³/mol. The van der Waals surface area contributed by atoms with Crippen LogP contribution < -0.4 is 15.6 Å². The number of nitrogens with two attached hydrogens (primary N) is 1. The minimum Gasteiger partial charge on any atom is -0.441 e. The molecule has 10 nitrogen and oxygen atoms in total. The van der Waals surface area contributed by atoms with E-state index in [-0.39, 0.29) is 24.5 Å². The van der Waals surface area contributed by atoms with Crippen molar-refractivity contribution in [2.45, 2.75) is 123 Å². The van der Waals surface area contributed by atoms with E-state index in [1.54, 1.807) is 30.6 Å². The number of rotatable bonds is 26. The molecule has 1 aromatic carbocycles. The zero-order valence-corrected chi connectivity index (χ0v) is 30.6. The molecule has 0 saturated heterocycles. The maximum Gasteiger partial charge on any atom is 0.272 e. The summed E-state index contributed by atoms with van der Waals surface area (Å²) in [6.45, 7) is 5.00. The molecule has 0 fully saturated rings. The fourth-order valence-corrected chi connectivity index (χ4v) is 7.45. The van der Waals surface area contributed by atoms with E-state index in [2.05, 4.69) is 39.3 Å². The Kier molecular flexibility index (Phi) is 18.6. The van der Waals surface area contributed by atoms with Crippen molar-refractivity contribution in [1.82, 2.24) is 24.8 Å². The predicted octanol–water partition coefficient (Wildman–Crippen LogP) is 9.33. The number of aromatic nitrogens is 4. The summed E-state index contributed by atoms with van der Waals surface area (Å²) in [5, 5.41) is 3.54. The van der Waals surface area contributed by atoms with Crippen molar-refractivity contribution in [2.75, 3.05) is 24.8 Å². The van der Waals surface area contributed by atoms with E-state index in [1.165, 1.54) is 64.1 Å². The summed E-state index contributed by atoms with van der Waals surface area (Å²) in [6, 6.07) is 6.77. The van der Waals surface area contributed by atoms with Gasteiger partial charge in [0.05, 0.1) is 19.0 Å². The van der Waals surface area contributed by atoms with E-state index in [0.29, 0.717) is 53.7 Å².